The van der Waals surface area contributed by atoms with Gasteiger partial charge in [-0.15, -0.1) is 0 Å². The van der Waals surface area contributed by atoms with Gasteiger partial charge in [0.15, 0.2) is 0 Å². The minimum Gasteiger partial charge on any atom is -1.00 e. The van der Waals surface area contributed by atoms with Crippen molar-refractivity contribution in [1.82, 2.24) is 0 Å². The number of rotatable bonds is 1. The molecule has 0 aliphatic carbocycles. The van der Waals surface area contributed by atoms with Crippen molar-refractivity contribution < 1.29 is 28.5 Å². The lowest BCUT2D eigenvalue weighted by atomic mass is 10.3. The van der Waals surface area contributed by atoms with Crippen molar-refractivity contribution in [3.8, 4) is 0 Å². The van der Waals surface area contributed by atoms with Crippen LogP contribution in [-0.4, -0.2) is 43.2 Å². The lowest BCUT2D eigenvalue weighted by Crippen LogP contribution is -3.00. The molecule has 1 nitrogen and oxygen atoms in total. The largest absolute Gasteiger partial charge is 1.00 e. The second-order valence-corrected chi connectivity index (χ2v) is 5.89. The van der Waals surface area contributed by atoms with E-state index in [0.29, 0.717) is 0 Å². The van der Waals surface area contributed by atoms with Crippen LogP contribution < -0.4 is 24.0 Å². The summed E-state index contributed by atoms with van der Waals surface area (Å²) in [5, 5.41) is 0. The fourth-order valence-electron chi connectivity index (χ4n) is 0.749. The Labute approximate surface area is 88.3 Å². The van der Waals surface area contributed by atoms with Gasteiger partial charge < -0.3 is 28.5 Å². The molecule has 1 fully saturated rings. The van der Waals surface area contributed by atoms with E-state index in [-0.39, 0.29) is 24.0 Å². The van der Waals surface area contributed by atoms with Crippen molar-refractivity contribution in [2.75, 3.05) is 32.6 Å². The second-order valence-electron chi connectivity index (χ2n) is 3.34. The quantitative estimate of drug-likeness (QED) is 0.326. The van der Waals surface area contributed by atoms with Crippen LogP contribution in [0.15, 0.2) is 0 Å². The first-order valence-corrected chi connectivity index (χ1v) is 5.65. The Morgan fingerprint density at radius 2 is 1.50 bits per heavy atom. The fraction of sp³-hybridized carbons (Fsp3) is 1.00. The maximum atomic E-state index is 2.27. The molecule has 0 unspecified atom stereocenters. The lowest BCUT2D eigenvalue weighted by Gasteiger charge is -2.30. The van der Waals surface area contributed by atoms with Crippen LogP contribution in [0.1, 0.15) is 0 Å². The van der Waals surface area contributed by atoms with Crippen LogP contribution in [0.5, 0.6) is 0 Å². The predicted molar refractivity (Wildman–Crippen MR) is 46.7 cm³/mol. The third kappa shape index (κ3) is 3.19. The van der Waals surface area contributed by atoms with Gasteiger partial charge >= 0.3 is 0 Å². The van der Waals surface area contributed by atoms with Crippen molar-refractivity contribution >= 4 is 21.6 Å². The summed E-state index contributed by atoms with van der Waals surface area (Å²) < 4.78 is 1.12. The highest BCUT2D eigenvalue weighted by Gasteiger charge is 2.28. The Kier molecular flexibility index (Phi) is 5.04. The molecule has 1 heterocycles. The van der Waals surface area contributed by atoms with E-state index in [0.717, 1.165) is 10.5 Å². The van der Waals surface area contributed by atoms with Gasteiger partial charge in [0.1, 0.15) is 6.04 Å². The maximum absolute atomic E-state index is 2.27. The Morgan fingerprint density at radius 3 is 1.70 bits per heavy atom. The Balaban J connectivity index is 0.000000810. The van der Waals surface area contributed by atoms with E-state index in [2.05, 4.69) is 21.1 Å². The molecule has 0 aromatic carbocycles. The zero-order valence-electron chi connectivity index (χ0n) is 6.63. The smallest absolute Gasteiger partial charge is 0.108 e. The standard InChI is InChI=1S/C6H14NS2.HI/c1-7(2,3)6-4-8-9-5-6;/h6H,4-5H2,1-3H3;1H/q+1;/p-1. The lowest BCUT2D eigenvalue weighted by molar-refractivity contribution is -0.889. The fourth-order valence-corrected chi connectivity index (χ4v) is 4.05. The summed E-state index contributed by atoms with van der Waals surface area (Å²) >= 11 is 0. The molecule has 0 atom stereocenters. The summed E-state index contributed by atoms with van der Waals surface area (Å²) in [5.41, 5.74) is 0. The molecule has 0 radical (unpaired) electrons. The Hall–Kier alpha value is 1.39. The predicted octanol–water partition coefficient (Wildman–Crippen LogP) is -1.54. The molecule has 4 heteroatoms. The Morgan fingerprint density at radius 1 is 1.10 bits per heavy atom. The third-order valence-corrected chi connectivity index (χ3v) is 4.22. The van der Waals surface area contributed by atoms with E-state index >= 15 is 0 Å². The highest BCUT2D eigenvalue weighted by molar-refractivity contribution is 8.77. The van der Waals surface area contributed by atoms with E-state index in [1.165, 1.54) is 11.5 Å². The number of hydrogen-bond acceptors (Lipinski definition) is 2. The third-order valence-electron chi connectivity index (χ3n) is 1.70. The number of quaternary nitrogens is 1. The number of halogens is 1. The molecule has 0 N–H and O–H groups in total. The van der Waals surface area contributed by atoms with Crippen LogP contribution in [0.3, 0.4) is 0 Å². The zero-order valence-corrected chi connectivity index (χ0v) is 10.4. The first-order chi connectivity index (χ1) is 4.11. The average Bonchev–Trinajstić information content (AvgIpc) is 2.08. The molecule has 62 valence electrons. The topological polar surface area (TPSA) is 0 Å². The molecule has 0 amide bonds. The molecule has 0 bridgehead atoms. The summed E-state index contributed by atoms with van der Waals surface area (Å²) in [4.78, 5) is 0. The van der Waals surface area contributed by atoms with Gasteiger partial charge in [-0.2, -0.15) is 0 Å². The van der Waals surface area contributed by atoms with Crippen molar-refractivity contribution in [3.05, 3.63) is 0 Å². The van der Waals surface area contributed by atoms with E-state index in [4.69, 9.17) is 0 Å². The molecule has 1 rings (SSSR count). The minimum atomic E-state index is 0. The van der Waals surface area contributed by atoms with Gasteiger partial charge in [0.05, 0.1) is 32.6 Å². The normalized spacial score (nSPS) is 20.7. The molecule has 0 aromatic heterocycles. The van der Waals surface area contributed by atoms with Crippen LogP contribution in [-0.2, 0) is 0 Å². The molecular weight excluding hydrogens is 277 g/mol. The van der Waals surface area contributed by atoms with Gasteiger partial charge in [0, 0.05) is 0 Å². The van der Waals surface area contributed by atoms with E-state index in [1.54, 1.807) is 0 Å². The second kappa shape index (κ2) is 4.42. The van der Waals surface area contributed by atoms with E-state index in [9.17, 15) is 0 Å². The van der Waals surface area contributed by atoms with Gasteiger partial charge in [0.25, 0.3) is 0 Å². The van der Waals surface area contributed by atoms with Crippen LogP contribution >= 0.6 is 21.6 Å². The Bertz CT molecular complexity index is 96.4. The summed E-state index contributed by atoms with van der Waals surface area (Å²) in [5.74, 6) is 2.66. The van der Waals surface area contributed by atoms with E-state index < -0.39 is 0 Å². The molecule has 0 aromatic rings. The van der Waals surface area contributed by atoms with Crippen molar-refractivity contribution in [1.29, 1.82) is 0 Å². The van der Waals surface area contributed by atoms with Crippen LogP contribution in [0.25, 0.3) is 0 Å². The molecule has 1 saturated heterocycles. The maximum Gasteiger partial charge on any atom is 0.108 e. The van der Waals surface area contributed by atoms with Crippen molar-refractivity contribution in [2.24, 2.45) is 0 Å². The minimum absolute atomic E-state index is 0. The van der Waals surface area contributed by atoms with Crippen molar-refractivity contribution in [2.45, 2.75) is 6.04 Å². The SMILES string of the molecule is C[N+](C)(C)C1CSSC1.[I-]. The van der Waals surface area contributed by atoms with Gasteiger partial charge in [0.2, 0.25) is 0 Å². The first kappa shape index (κ1) is 11.4. The average molecular weight is 291 g/mol. The number of hydrogen-bond donors (Lipinski definition) is 0. The number of nitrogens with zero attached hydrogens (tertiary/aromatic N) is 1. The highest BCUT2D eigenvalue weighted by atomic mass is 127. The van der Waals surface area contributed by atoms with Crippen LogP contribution in [0, 0.1) is 0 Å². The van der Waals surface area contributed by atoms with Gasteiger partial charge in [-0.25, -0.2) is 0 Å². The van der Waals surface area contributed by atoms with Crippen LogP contribution in [0.2, 0.25) is 0 Å². The van der Waals surface area contributed by atoms with E-state index in [1.807, 2.05) is 21.6 Å². The molecule has 0 spiro atoms. The summed E-state index contributed by atoms with van der Waals surface area (Å²) in [6.07, 6.45) is 0. The zero-order chi connectivity index (χ0) is 6.91. The summed E-state index contributed by atoms with van der Waals surface area (Å²) in [7, 11) is 10.8. The summed E-state index contributed by atoms with van der Waals surface area (Å²) in [6, 6.07) is 0.875. The van der Waals surface area contributed by atoms with Crippen molar-refractivity contribution in [3.63, 3.8) is 0 Å². The van der Waals surface area contributed by atoms with Gasteiger partial charge in [-0.3, -0.25) is 0 Å². The summed E-state index contributed by atoms with van der Waals surface area (Å²) in [6.45, 7) is 0. The molecule has 10 heavy (non-hydrogen) atoms. The molecule has 0 saturated carbocycles. The molecule has 1 aliphatic rings. The highest BCUT2D eigenvalue weighted by Crippen LogP contribution is 2.34. The molecule has 1 aliphatic heterocycles. The monoisotopic (exact) mass is 291 g/mol. The van der Waals surface area contributed by atoms with Crippen LogP contribution in [0.4, 0.5) is 0 Å². The molecular formula is C6H14INS2. The van der Waals surface area contributed by atoms with Gasteiger partial charge in [-0.1, -0.05) is 21.6 Å². The van der Waals surface area contributed by atoms with Gasteiger partial charge in [-0.05, 0) is 0 Å². The first-order valence-electron chi connectivity index (χ1n) is 3.16.